The van der Waals surface area contributed by atoms with Crippen molar-refractivity contribution in [2.45, 2.75) is 18.4 Å². The molecule has 0 aliphatic heterocycles. The molecule has 0 fully saturated rings. The second kappa shape index (κ2) is 8.36. The van der Waals surface area contributed by atoms with Gasteiger partial charge in [-0.2, -0.15) is 4.31 Å². The molecule has 2 aromatic rings. The van der Waals surface area contributed by atoms with Crippen LogP contribution in [0, 0.1) is 10.1 Å². The number of hydrogen-bond donors (Lipinski definition) is 0. The fourth-order valence-corrected chi connectivity index (χ4v) is 4.05. The molecule has 0 heterocycles. The Morgan fingerprint density at radius 2 is 1.74 bits per heavy atom. The number of benzene rings is 2. The molecular weight excluding hydrogens is 370 g/mol. The Kier molecular flexibility index (Phi) is 6.40. The summed E-state index contributed by atoms with van der Waals surface area (Å²) >= 11 is 0. The van der Waals surface area contributed by atoms with E-state index in [2.05, 4.69) is 0 Å². The molecule has 0 saturated heterocycles. The number of rotatable bonds is 8. The van der Waals surface area contributed by atoms with Crippen molar-refractivity contribution < 1.29 is 18.1 Å². The molecule has 27 heavy (non-hydrogen) atoms. The minimum atomic E-state index is -3.89. The zero-order valence-electron chi connectivity index (χ0n) is 15.7. The van der Waals surface area contributed by atoms with Gasteiger partial charge in [-0.25, -0.2) is 8.42 Å². The third-order valence-corrected chi connectivity index (χ3v) is 6.07. The topological polar surface area (TPSA) is 93.0 Å². The molecule has 146 valence electrons. The molecule has 0 saturated carbocycles. The van der Waals surface area contributed by atoms with Crippen LogP contribution in [0.1, 0.15) is 12.5 Å². The largest absolute Gasteiger partial charge is 0.490 e. The first kappa shape index (κ1) is 20.7. The van der Waals surface area contributed by atoms with Crippen LogP contribution in [0.15, 0.2) is 47.4 Å². The summed E-state index contributed by atoms with van der Waals surface area (Å²) < 4.78 is 32.2. The van der Waals surface area contributed by atoms with E-state index in [1.165, 1.54) is 23.5 Å². The van der Waals surface area contributed by atoms with E-state index >= 15 is 0 Å². The van der Waals surface area contributed by atoms with Gasteiger partial charge in [0.25, 0.3) is 0 Å². The minimum absolute atomic E-state index is 0.0151. The Bertz CT molecular complexity index is 911. The average molecular weight is 393 g/mol. The van der Waals surface area contributed by atoms with Gasteiger partial charge in [-0.15, -0.1) is 0 Å². The lowest BCUT2D eigenvalue weighted by atomic mass is 10.2. The first-order chi connectivity index (χ1) is 12.7. The van der Waals surface area contributed by atoms with Gasteiger partial charge >= 0.3 is 5.69 Å². The lowest BCUT2D eigenvalue weighted by Crippen LogP contribution is -2.30. The molecule has 0 N–H and O–H groups in total. The molecule has 0 spiro atoms. The van der Waals surface area contributed by atoms with Gasteiger partial charge in [0.2, 0.25) is 10.0 Å². The van der Waals surface area contributed by atoms with Crippen molar-refractivity contribution in [2.75, 3.05) is 32.6 Å². The van der Waals surface area contributed by atoms with Crippen LogP contribution < -0.4 is 9.64 Å². The van der Waals surface area contributed by atoms with Crippen LogP contribution in [-0.4, -0.2) is 45.4 Å². The normalized spacial score (nSPS) is 11.4. The predicted molar refractivity (Wildman–Crippen MR) is 104 cm³/mol. The fourth-order valence-electron chi connectivity index (χ4n) is 2.59. The van der Waals surface area contributed by atoms with Gasteiger partial charge in [0.15, 0.2) is 5.75 Å². The van der Waals surface area contributed by atoms with E-state index in [9.17, 15) is 18.5 Å². The Hall–Kier alpha value is -2.65. The SMILES string of the molecule is CCN(Cc1ccc(N(C)C)cc1)S(=O)(=O)c1ccc(OC)c([N+](=O)[O-])c1. The molecule has 0 unspecified atom stereocenters. The van der Waals surface area contributed by atoms with Gasteiger partial charge in [0.05, 0.1) is 16.9 Å². The molecular formula is C18H23N3O5S. The second-order valence-corrected chi connectivity index (χ2v) is 8.02. The van der Waals surface area contributed by atoms with Crippen LogP contribution in [0.25, 0.3) is 0 Å². The highest BCUT2D eigenvalue weighted by Gasteiger charge is 2.27. The Morgan fingerprint density at radius 3 is 2.22 bits per heavy atom. The number of nitrogens with zero attached hydrogens (tertiary/aromatic N) is 3. The van der Waals surface area contributed by atoms with Gasteiger partial charge in [0, 0.05) is 38.9 Å². The molecule has 0 bridgehead atoms. The van der Waals surface area contributed by atoms with Crippen LogP contribution in [0.2, 0.25) is 0 Å². The smallest absolute Gasteiger partial charge is 0.312 e. The first-order valence-electron chi connectivity index (χ1n) is 8.29. The summed E-state index contributed by atoms with van der Waals surface area (Å²) in [6, 6.07) is 11.2. The maximum atomic E-state index is 13.0. The summed E-state index contributed by atoms with van der Waals surface area (Å²) in [4.78, 5) is 12.3. The van der Waals surface area contributed by atoms with Gasteiger partial charge in [-0.1, -0.05) is 19.1 Å². The number of nitro groups is 1. The van der Waals surface area contributed by atoms with Gasteiger partial charge in [-0.3, -0.25) is 10.1 Å². The van der Waals surface area contributed by atoms with Crippen molar-refractivity contribution in [3.05, 3.63) is 58.1 Å². The number of anilines is 1. The third kappa shape index (κ3) is 4.55. The zero-order chi connectivity index (χ0) is 20.2. The molecule has 0 atom stereocenters. The van der Waals surface area contributed by atoms with Gasteiger partial charge < -0.3 is 9.64 Å². The average Bonchev–Trinajstić information content (AvgIpc) is 2.65. The van der Waals surface area contributed by atoms with Crippen molar-refractivity contribution in [1.82, 2.24) is 4.31 Å². The highest BCUT2D eigenvalue weighted by atomic mass is 32.2. The highest BCUT2D eigenvalue weighted by molar-refractivity contribution is 7.89. The third-order valence-electron chi connectivity index (χ3n) is 4.15. The minimum Gasteiger partial charge on any atom is -0.490 e. The summed E-state index contributed by atoms with van der Waals surface area (Å²) in [5, 5.41) is 11.2. The van der Waals surface area contributed by atoms with Crippen molar-refractivity contribution in [2.24, 2.45) is 0 Å². The van der Waals surface area contributed by atoms with E-state index in [4.69, 9.17) is 4.74 Å². The number of hydrogen-bond acceptors (Lipinski definition) is 6. The molecule has 0 aliphatic rings. The lowest BCUT2D eigenvalue weighted by molar-refractivity contribution is -0.386. The van der Waals surface area contributed by atoms with E-state index in [0.717, 1.165) is 17.3 Å². The van der Waals surface area contributed by atoms with Crippen molar-refractivity contribution in [3.8, 4) is 5.75 Å². The lowest BCUT2D eigenvalue weighted by Gasteiger charge is -2.21. The van der Waals surface area contributed by atoms with Crippen molar-refractivity contribution >= 4 is 21.4 Å². The molecule has 0 amide bonds. The standard InChI is InChI=1S/C18H23N3O5S/c1-5-20(13-14-6-8-15(9-7-14)19(2)3)27(24,25)16-10-11-18(26-4)17(12-16)21(22)23/h6-12H,5,13H2,1-4H3. The van der Waals surface area contributed by atoms with Gasteiger partial charge in [-0.05, 0) is 29.8 Å². The maximum absolute atomic E-state index is 13.0. The van der Waals surface area contributed by atoms with Crippen LogP contribution in [0.3, 0.4) is 0 Å². The van der Waals surface area contributed by atoms with Crippen LogP contribution >= 0.6 is 0 Å². The van der Waals surface area contributed by atoms with E-state index in [1.807, 2.05) is 43.3 Å². The highest BCUT2D eigenvalue weighted by Crippen LogP contribution is 2.31. The predicted octanol–water partition coefficient (Wildman–Crippen LogP) is 2.88. The number of nitro benzene ring substituents is 1. The van der Waals surface area contributed by atoms with E-state index in [1.54, 1.807) is 6.92 Å². The molecule has 2 aromatic carbocycles. The van der Waals surface area contributed by atoms with Gasteiger partial charge in [0.1, 0.15) is 0 Å². The Labute approximate surface area is 159 Å². The summed E-state index contributed by atoms with van der Waals surface area (Å²) in [5.41, 5.74) is 1.45. The summed E-state index contributed by atoms with van der Waals surface area (Å²) in [6.45, 7) is 2.13. The first-order valence-corrected chi connectivity index (χ1v) is 9.73. The number of methoxy groups -OCH3 is 1. The number of sulfonamides is 1. The zero-order valence-corrected chi connectivity index (χ0v) is 16.6. The molecule has 0 aliphatic carbocycles. The van der Waals surface area contributed by atoms with E-state index < -0.39 is 14.9 Å². The van der Waals surface area contributed by atoms with Crippen molar-refractivity contribution in [3.63, 3.8) is 0 Å². The molecule has 0 radical (unpaired) electrons. The quantitative estimate of drug-likeness (QED) is 0.506. The molecule has 8 nitrogen and oxygen atoms in total. The van der Waals surface area contributed by atoms with Crippen LogP contribution in [0.4, 0.5) is 11.4 Å². The van der Waals surface area contributed by atoms with E-state index in [-0.39, 0.29) is 29.4 Å². The summed E-state index contributed by atoms with van der Waals surface area (Å²) in [5.74, 6) is 0.0151. The summed E-state index contributed by atoms with van der Waals surface area (Å²) in [6.07, 6.45) is 0. The number of ether oxygens (including phenoxy) is 1. The van der Waals surface area contributed by atoms with Crippen LogP contribution in [0.5, 0.6) is 5.75 Å². The molecule has 0 aromatic heterocycles. The monoisotopic (exact) mass is 393 g/mol. The Morgan fingerprint density at radius 1 is 1.11 bits per heavy atom. The van der Waals surface area contributed by atoms with Crippen LogP contribution in [-0.2, 0) is 16.6 Å². The molecule has 2 rings (SSSR count). The molecule has 9 heteroatoms. The van der Waals surface area contributed by atoms with E-state index in [0.29, 0.717) is 0 Å². The second-order valence-electron chi connectivity index (χ2n) is 6.08. The maximum Gasteiger partial charge on any atom is 0.312 e. The Balaban J connectivity index is 2.35. The van der Waals surface area contributed by atoms with Crippen molar-refractivity contribution in [1.29, 1.82) is 0 Å². The fraction of sp³-hybridized carbons (Fsp3) is 0.333. The summed E-state index contributed by atoms with van der Waals surface area (Å²) in [7, 11) is 1.25.